The van der Waals surface area contributed by atoms with Crippen molar-refractivity contribution in [2.75, 3.05) is 9.80 Å². The van der Waals surface area contributed by atoms with Crippen LogP contribution in [0, 0.1) is 0 Å². The summed E-state index contributed by atoms with van der Waals surface area (Å²) in [5.41, 5.74) is 9.51. The zero-order valence-corrected chi connectivity index (χ0v) is 21.3. The molecule has 0 aromatic heterocycles. The minimum absolute atomic E-state index is 1.04. The number of hydrogen-bond donors (Lipinski definition) is 0. The molecule has 0 saturated carbocycles. The van der Waals surface area contributed by atoms with Crippen LogP contribution in [-0.4, -0.2) is 0 Å². The summed E-state index contributed by atoms with van der Waals surface area (Å²) >= 11 is 0. The fourth-order valence-corrected chi connectivity index (χ4v) is 5.04. The fourth-order valence-electron chi connectivity index (χ4n) is 5.04. The molecule has 0 N–H and O–H groups in total. The van der Waals surface area contributed by atoms with E-state index in [1.54, 1.807) is 0 Å². The molecule has 0 fully saturated rings. The Labute approximate surface area is 225 Å². The Bertz CT molecular complexity index is 1480. The van der Waals surface area contributed by atoms with Gasteiger partial charge in [-0.25, -0.2) is 0 Å². The van der Waals surface area contributed by atoms with Gasteiger partial charge >= 0.3 is 0 Å². The quantitative estimate of drug-likeness (QED) is 0.224. The summed E-state index contributed by atoms with van der Waals surface area (Å²) in [6, 6.07) is 49.4. The van der Waals surface area contributed by atoms with Gasteiger partial charge in [-0.2, -0.15) is 0 Å². The third kappa shape index (κ3) is 5.02. The summed E-state index contributed by atoms with van der Waals surface area (Å²) in [6.45, 7) is 0. The van der Waals surface area contributed by atoms with E-state index in [9.17, 15) is 0 Å². The molecule has 5 aromatic carbocycles. The van der Waals surface area contributed by atoms with Crippen LogP contribution in [-0.2, 0) is 0 Å². The number of para-hydroxylation sites is 3. The van der Waals surface area contributed by atoms with Gasteiger partial charge in [-0.3, -0.25) is 0 Å². The SMILES string of the molecule is C1=CCCC(N(c2ccccc2)c2ccc(-c3ccc(N(c4ccccc4)c4ccccc4)cc3)cc2)=C1. The molecular weight excluding hydrogens is 460 g/mol. The van der Waals surface area contributed by atoms with Gasteiger partial charge in [0.15, 0.2) is 0 Å². The Morgan fingerprint density at radius 2 is 0.789 bits per heavy atom. The first kappa shape index (κ1) is 23.6. The predicted octanol–water partition coefficient (Wildman–Crippen LogP) is 10.2. The van der Waals surface area contributed by atoms with Crippen LogP contribution in [0.25, 0.3) is 11.1 Å². The van der Waals surface area contributed by atoms with Crippen molar-refractivity contribution in [2.24, 2.45) is 0 Å². The number of rotatable bonds is 7. The molecule has 0 spiro atoms. The molecule has 1 aliphatic rings. The second-order valence-electron chi connectivity index (χ2n) is 9.40. The summed E-state index contributed by atoms with van der Waals surface area (Å²) in [6.07, 6.45) is 8.74. The first-order valence-electron chi connectivity index (χ1n) is 13.2. The number of benzene rings is 5. The lowest BCUT2D eigenvalue weighted by atomic mass is 10.0. The van der Waals surface area contributed by atoms with Gasteiger partial charge in [0, 0.05) is 34.1 Å². The lowest BCUT2D eigenvalue weighted by Gasteiger charge is -2.29. The standard InChI is InChI=1S/C36H30N2/c1-5-13-31(14-6-1)37(32-15-7-2-8-16-32)35-25-21-29(22-26-35)30-23-27-36(28-24-30)38(33-17-9-3-10-18-33)34-19-11-4-12-20-34/h1-11,13-19,21-28H,12,20H2. The van der Waals surface area contributed by atoms with E-state index in [1.165, 1.54) is 28.2 Å². The van der Waals surface area contributed by atoms with Crippen molar-refractivity contribution in [1.29, 1.82) is 0 Å². The largest absolute Gasteiger partial charge is 0.314 e. The normalized spacial score (nSPS) is 12.6. The van der Waals surface area contributed by atoms with E-state index in [1.807, 2.05) is 0 Å². The highest BCUT2D eigenvalue weighted by molar-refractivity contribution is 5.79. The molecule has 1 aliphatic carbocycles. The Morgan fingerprint density at radius 1 is 0.395 bits per heavy atom. The summed E-state index contributed by atoms with van der Waals surface area (Å²) in [7, 11) is 0. The van der Waals surface area contributed by atoms with Crippen LogP contribution in [0.5, 0.6) is 0 Å². The molecule has 0 atom stereocenters. The van der Waals surface area contributed by atoms with Crippen LogP contribution < -0.4 is 9.80 Å². The van der Waals surface area contributed by atoms with Crippen LogP contribution in [0.4, 0.5) is 28.4 Å². The number of allylic oxidation sites excluding steroid dienone is 4. The topological polar surface area (TPSA) is 6.48 Å². The first-order chi connectivity index (χ1) is 18.9. The molecule has 0 radical (unpaired) electrons. The molecule has 0 unspecified atom stereocenters. The lowest BCUT2D eigenvalue weighted by molar-refractivity contribution is 0.918. The predicted molar refractivity (Wildman–Crippen MR) is 162 cm³/mol. The molecule has 184 valence electrons. The lowest BCUT2D eigenvalue weighted by Crippen LogP contribution is -2.17. The van der Waals surface area contributed by atoms with Crippen LogP contribution in [0.1, 0.15) is 12.8 Å². The molecular formula is C36H30N2. The Morgan fingerprint density at radius 3 is 1.21 bits per heavy atom. The molecule has 0 amide bonds. The summed E-state index contributed by atoms with van der Waals surface area (Å²) < 4.78 is 0. The van der Waals surface area contributed by atoms with Gasteiger partial charge < -0.3 is 9.80 Å². The average Bonchev–Trinajstić information content (AvgIpc) is 3.00. The van der Waals surface area contributed by atoms with Gasteiger partial charge in [-0.05, 0) is 90.7 Å². The van der Waals surface area contributed by atoms with Crippen molar-refractivity contribution in [3.63, 3.8) is 0 Å². The zero-order valence-electron chi connectivity index (χ0n) is 21.3. The van der Waals surface area contributed by atoms with Crippen LogP contribution in [0.2, 0.25) is 0 Å². The van der Waals surface area contributed by atoms with E-state index < -0.39 is 0 Å². The second-order valence-corrected chi connectivity index (χ2v) is 9.40. The van der Waals surface area contributed by atoms with Gasteiger partial charge in [-0.15, -0.1) is 0 Å². The zero-order chi connectivity index (χ0) is 25.6. The Hall–Kier alpha value is -4.82. The Kier molecular flexibility index (Phi) is 6.86. The molecule has 0 bridgehead atoms. The Balaban J connectivity index is 1.30. The number of hydrogen-bond acceptors (Lipinski definition) is 2. The van der Waals surface area contributed by atoms with E-state index in [2.05, 4.69) is 168 Å². The van der Waals surface area contributed by atoms with Crippen LogP contribution >= 0.6 is 0 Å². The maximum atomic E-state index is 2.37. The molecule has 0 saturated heterocycles. The molecule has 0 heterocycles. The van der Waals surface area contributed by atoms with E-state index >= 15 is 0 Å². The maximum Gasteiger partial charge on any atom is 0.0462 e. The van der Waals surface area contributed by atoms with E-state index in [0.717, 1.165) is 29.9 Å². The highest BCUT2D eigenvalue weighted by Gasteiger charge is 2.16. The molecule has 6 rings (SSSR count). The number of anilines is 5. The van der Waals surface area contributed by atoms with Crippen molar-refractivity contribution in [1.82, 2.24) is 0 Å². The smallest absolute Gasteiger partial charge is 0.0462 e. The monoisotopic (exact) mass is 490 g/mol. The van der Waals surface area contributed by atoms with Crippen LogP contribution in [0.15, 0.2) is 163 Å². The van der Waals surface area contributed by atoms with Gasteiger partial charge in [0.05, 0.1) is 0 Å². The van der Waals surface area contributed by atoms with Crippen molar-refractivity contribution < 1.29 is 0 Å². The first-order valence-corrected chi connectivity index (χ1v) is 13.2. The fraction of sp³-hybridized carbons (Fsp3) is 0.0556. The summed E-state index contributed by atoms with van der Waals surface area (Å²) in [5, 5.41) is 0. The molecule has 5 aromatic rings. The molecule has 2 heteroatoms. The third-order valence-corrected chi connectivity index (χ3v) is 6.91. The minimum Gasteiger partial charge on any atom is -0.314 e. The second kappa shape index (κ2) is 11.1. The van der Waals surface area contributed by atoms with E-state index in [0.29, 0.717) is 0 Å². The highest BCUT2D eigenvalue weighted by atomic mass is 15.1. The summed E-state index contributed by atoms with van der Waals surface area (Å²) in [4.78, 5) is 4.66. The van der Waals surface area contributed by atoms with Crippen LogP contribution in [0.3, 0.4) is 0 Å². The van der Waals surface area contributed by atoms with E-state index in [-0.39, 0.29) is 0 Å². The maximum absolute atomic E-state index is 2.37. The molecule has 2 nitrogen and oxygen atoms in total. The van der Waals surface area contributed by atoms with Gasteiger partial charge in [0.1, 0.15) is 0 Å². The van der Waals surface area contributed by atoms with Crippen molar-refractivity contribution in [2.45, 2.75) is 12.8 Å². The molecule has 38 heavy (non-hydrogen) atoms. The molecule has 0 aliphatic heterocycles. The van der Waals surface area contributed by atoms with Gasteiger partial charge in [0.25, 0.3) is 0 Å². The van der Waals surface area contributed by atoms with Crippen molar-refractivity contribution in [3.05, 3.63) is 163 Å². The van der Waals surface area contributed by atoms with Gasteiger partial charge in [-0.1, -0.05) is 91.0 Å². The average molecular weight is 491 g/mol. The highest BCUT2D eigenvalue weighted by Crippen LogP contribution is 2.37. The minimum atomic E-state index is 1.04. The summed E-state index contributed by atoms with van der Waals surface area (Å²) in [5.74, 6) is 0. The van der Waals surface area contributed by atoms with Crippen molar-refractivity contribution >= 4 is 28.4 Å². The van der Waals surface area contributed by atoms with Crippen molar-refractivity contribution in [3.8, 4) is 11.1 Å². The van der Waals surface area contributed by atoms with Gasteiger partial charge in [0.2, 0.25) is 0 Å². The number of nitrogens with zero attached hydrogens (tertiary/aromatic N) is 2. The third-order valence-electron chi connectivity index (χ3n) is 6.91. The van der Waals surface area contributed by atoms with E-state index in [4.69, 9.17) is 0 Å².